The van der Waals surface area contributed by atoms with Gasteiger partial charge in [0, 0.05) is 61.5 Å². The van der Waals surface area contributed by atoms with Crippen molar-refractivity contribution in [2.75, 3.05) is 19.6 Å². The number of hydrogen-bond donors (Lipinski definition) is 1. The number of amides is 1. The monoisotopic (exact) mass is 418 g/mol. The molecule has 7 nitrogen and oxygen atoms in total. The van der Waals surface area contributed by atoms with Crippen LogP contribution in [0, 0.1) is 0 Å². The summed E-state index contributed by atoms with van der Waals surface area (Å²) in [5, 5.41) is 10.3. The van der Waals surface area contributed by atoms with Crippen molar-refractivity contribution >= 4 is 28.7 Å². The zero-order valence-corrected chi connectivity index (χ0v) is 17.8. The van der Waals surface area contributed by atoms with Crippen molar-refractivity contribution < 1.29 is 9.90 Å². The number of carbonyl (C=O) groups is 1. The number of pyridine rings is 2. The molecular formula is C21H27ClN4O3. The van der Waals surface area contributed by atoms with E-state index in [0.717, 1.165) is 49.1 Å². The lowest BCUT2D eigenvalue weighted by Gasteiger charge is -2.44. The molecule has 4 heterocycles. The molecule has 0 radical (unpaired) electrons. The van der Waals surface area contributed by atoms with E-state index in [1.807, 2.05) is 20.8 Å². The molecule has 2 aromatic heterocycles. The van der Waals surface area contributed by atoms with E-state index in [1.165, 1.54) is 0 Å². The molecular weight excluding hydrogens is 392 g/mol. The van der Waals surface area contributed by atoms with E-state index >= 15 is 0 Å². The Morgan fingerprint density at radius 1 is 1.31 bits per heavy atom. The van der Waals surface area contributed by atoms with Gasteiger partial charge in [-0.2, -0.15) is 0 Å². The Bertz CT molecular complexity index is 1010. The van der Waals surface area contributed by atoms with Crippen molar-refractivity contribution in [3.63, 3.8) is 0 Å². The Morgan fingerprint density at radius 3 is 2.62 bits per heavy atom. The minimum atomic E-state index is -0.854. The summed E-state index contributed by atoms with van der Waals surface area (Å²) in [6.45, 7) is 8.90. The standard InChI is InChI=1S/C21H27ClN4O3/c1-21(2,3)26(20(28)29)14-6-8-24(9-7-14)11-13-12-25-17(27)5-4-16-19(25)18(13)15(22)10-23-16/h4-5,10,13-14H,6-9,11-12H2,1-3H3,(H,28,29). The van der Waals surface area contributed by atoms with Gasteiger partial charge in [-0.3, -0.25) is 9.78 Å². The van der Waals surface area contributed by atoms with Crippen LogP contribution < -0.4 is 5.56 Å². The number of nitrogens with zero attached hydrogens (tertiary/aromatic N) is 4. The second kappa shape index (κ2) is 7.29. The highest BCUT2D eigenvalue weighted by molar-refractivity contribution is 6.32. The molecule has 2 aliphatic rings. The fraction of sp³-hybridized carbons (Fsp3) is 0.571. The van der Waals surface area contributed by atoms with Crippen LogP contribution in [0.2, 0.25) is 5.02 Å². The lowest BCUT2D eigenvalue weighted by atomic mass is 9.95. The Labute approximate surface area is 174 Å². The lowest BCUT2D eigenvalue weighted by Crippen LogP contribution is -2.54. The van der Waals surface area contributed by atoms with Crippen molar-refractivity contribution in [2.45, 2.75) is 57.7 Å². The first-order valence-corrected chi connectivity index (χ1v) is 10.5. The molecule has 29 heavy (non-hydrogen) atoms. The van der Waals surface area contributed by atoms with Crippen LogP contribution in [0.15, 0.2) is 23.1 Å². The van der Waals surface area contributed by atoms with Crippen molar-refractivity contribution in [3.05, 3.63) is 39.3 Å². The van der Waals surface area contributed by atoms with E-state index < -0.39 is 11.6 Å². The molecule has 8 heteroatoms. The summed E-state index contributed by atoms with van der Waals surface area (Å²) < 4.78 is 1.78. The average Bonchev–Trinajstić information content (AvgIpc) is 3.02. The van der Waals surface area contributed by atoms with Crippen LogP contribution >= 0.6 is 11.6 Å². The number of hydrogen-bond acceptors (Lipinski definition) is 4. The summed E-state index contributed by atoms with van der Waals surface area (Å²) in [6, 6.07) is 3.35. The Morgan fingerprint density at radius 2 is 2.00 bits per heavy atom. The maximum atomic E-state index is 12.3. The van der Waals surface area contributed by atoms with Gasteiger partial charge < -0.3 is 19.5 Å². The van der Waals surface area contributed by atoms with Gasteiger partial charge in [-0.15, -0.1) is 0 Å². The molecule has 2 aliphatic heterocycles. The van der Waals surface area contributed by atoms with Gasteiger partial charge in [-0.1, -0.05) is 11.6 Å². The van der Waals surface area contributed by atoms with Gasteiger partial charge >= 0.3 is 6.09 Å². The summed E-state index contributed by atoms with van der Waals surface area (Å²) in [5.74, 6) is 0.137. The largest absolute Gasteiger partial charge is 0.465 e. The maximum Gasteiger partial charge on any atom is 0.407 e. The summed E-state index contributed by atoms with van der Waals surface area (Å²) in [6.07, 6.45) is 2.44. The topological polar surface area (TPSA) is 78.7 Å². The normalized spacial score (nSPS) is 20.3. The minimum Gasteiger partial charge on any atom is -0.465 e. The summed E-state index contributed by atoms with van der Waals surface area (Å²) in [4.78, 5) is 32.4. The molecule has 0 aliphatic carbocycles. The molecule has 0 saturated carbocycles. The molecule has 0 spiro atoms. The molecule has 0 aromatic carbocycles. The highest BCUT2D eigenvalue weighted by atomic mass is 35.5. The molecule has 1 fully saturated rings. The zero-order valence-electron chi connectivity index (χ0n) is 17.1. The number of rotatable bonds is 3. The van der Waals surface area contributed by atoms with Crippen LogP contribution in [0.5, 0.6) is 0 Å². The fourth-order valence-corrected chi connectivity index (χ4v) is 5.25. The van der Waals surface area contributed by atoms with Gasteiger partial charge in [-0.05, 0) is 39.7 Å². The van der Waals surface area contributed by atoms with E-state index in [2.05, 4.69) is 9.88 Å². The van der Waals surface area contributed by atoms with Crippen molar-refractivity contribution in [1.29, 1.82) is 0 Å². The first-order chi connectivity index (χ1) is 13.7. The third-order valence-corrected chi connectivity index (χ3v) is 6.43. The maximum absolute atomic E-state index is 12.3. The van der Waals surface area contributed by atoms with Crippen molar-refractivity contribution in [2.24, 2.45) is 0 Å². The number of piperidine rings is 1. The molecule has 1 saturated heterocycles. The van der Waals surface area contributed by atoms with E-state index in [9.17, 15) is 14.7 Å². The number of likely N-dealkylation sites (tertiary alicyclic amines) is 1. The molecule has 1 N–H and O–H groups in total. The average molecular weight is 419 g/mol. The molecule has 2 aromatic rings. The molecule has 0 bridgehead atoms. The first-order valence-electron chi connectivity index (χ1n) is 10.1. The third-order valence-electron chi connectivity index (χ3n) is 6.13. The van der Waals surface area contributed by atoms with Crippen LogP contribution in [0.25, 0.3) is 11.0 Å². The van der Waals surface area contributed by atoms with Gasteiger partial charge in [0.15, 0.2) is 0 Å². The van der Waals surface area contributed by atoms with Crippen LogP contribution in [-0.4, -0.2) is 61.8 Å². The third kappa shape index (κ3) is 3.62. The van der Waals surface area contributed by atoms with E-state index in [-0.39, 0.29) is 17.5 Å². The summed E-state index contributed by atoms with van der Waals surface area (Å²) >= 11 is 6.48. The predicted octanol–water partition coefficient (Wildman–Crippen LogP) is 3.39. The number of aromatic nitrogens is 2. The Kier molecular flexibility index (Phi) is 5.07. The Balaban J connectivity index is 1.49. The molecule has 4 rings (SSSR count). The summed E-state index contributed by atoms with van der Waals surface area (Å²) in [5.41, 5.74) is 2.23. The lowest BCUT2D eigenvalue weighted by molar-refractivity contribution is 0.0410. The fourth-order valence-electron chi connectivity index (χ4n) is 4.96. The van der Waals surface area contributed by atoms with Crippen molar-refractivity contribution in [1.82, 2.24) is 19.4 Å². The molecule has 156 valence electrons. The number of carboxylic acid groups (broad SMARTS) is 1. The van der Waals surface area contributed by atoms with Crippen LogP contribution in [0.4, 0.5) is 4.79 Å². The van der Waals surface area contributed by atoms with E-state index in [0.29, 0.717) is 11.6 Å². The van der Waals surface area contributed by atoms with Crippen LogP contribution in [0.3, 0.4) is 0 Å². The van der Waals surface area contributed by atoms with Gasteiger partial charge in [0.2, 0.25) is 0 Å². The quantitative estimate of drug-likeness (QED) is 0.826. The van der Waals surface area contributed by atoms with E-state index in [1.54, 1.807) is 27.8 Å². The Hall–Kier alpha value is -2.12. The smallest absolute Gasteiger partial charge is 0.407 e. The SMILES string of the molecule is CC(C)(C)N(C(=O)O)C1CCN(CC2Cn3c(=O)ccc4ncc(Cl)c2c43)CC1. The minimum absolute atomic E-state index is 0.0219. The highest BCUT2D eigenvalue weighted by Gasteiger charge is 2.36. The second-order valence-electron chi connectivity index (χ2n) is 9.09. The van der Waals surface area contributed by atoms with Crippen LogP contribution in [-0.2, 0) is 6.54 Å². The van der Waals surface area contributed by atoms with E-state index in [4.69, 9.17) is 11.6 Å². The summed E-state index contributed by atoms with van der Waals surface area (Å²) in [7, 11) is 0. The molecule has 1 amide bonds. The predicted molar refractivity (Wildman–Crippen MR) is 113 cm³/mol. The first kappa shape index (κ1) is 20.2. The zero-order chi connectivity index (χ0) is 20.9. The molecule has 1 atom stereocenters. The van der Waals surface area contributed by atoms with Crippen molar-refractivity contribution in [3.8, 4) is 0 Å². The van der Waals surface area contributed by atoms with Gasteiger partial charge in [0.05, 0.1) is 16.1 Å². The second-order valence-corrected chi connectivity index (χ2v) is 9.50. The van der Waals surface area contributed by atoms with Gasteiger partial charge in [0.25, 0.3) is 5.56 Å². The highest BCUT2D eigenvalue weighted by Crippen LogP contribution is 2.37. The van der Waals surface area contributed by atoms with Crippen LogP contribution in [0.1, 0.15) is 45.1 Å². The van der Waals surface area contributed by atoms with Gasteiger partial charge in [-0.25, -0.2) is 4.79 Å². The molecule has 1 unspecified atom stereocenters. The number of halogens is 1. The van der Waals surface area contributed by atoms with Gasteiger partial charge in [0.1, 0.15) is 0 Å².